The van der Waals surface area contributed by atoms with Gasteiger partial charge in [0.05, 0.1) is 16.8 Å². The van der Waals surface area contributed by atoms with Crippen molar-refractivity contribution in [3.63, 3.8) is 0 Å². The lowest BCUT2D eigenvalue weighted by Gasteiger charge is -2.28. The molecule has 2 amide bonds. The number of hydrogen-bond acceptors (Lipinski definition) is 5. The standard InChI is InChI=1S/C18H17ClN4O3S/c1-10-2-3-11(19)6-13(10)21-15(24)8-22-18(26)17-14(7-20-22)27-9-16(25)23(17)12-4-5-12/h2-3,6-7,12H,4-5,8-9H2,1H3,(H,21,24). The van der Waals surface area contributed by atoms with Gasteiger partial charge in [-0.1, -0.05) is 17.7 Å². The first-order valence-electron chi connectivity index (χ1n) is 8.55. The molecule has 4 rings (SSSR count). The second-order valence-corrected chi connectivity index (χ2v) is 8.06. The average Bonchev–Trinajstić information content (AvgIpc) is 3.45. The molecule has 2 heterocycles. The normalized spacial score (nSPS) is 16.2. The summed E-state index contributed by atoms with van der Waals surface area (Å²) in [6.45, 7) is 1.61. The molecule has 0 saturated heterocycles. The fourth-order valence-electron chi connectivity index (χ4n) is 3.01. The Morgan fingerprint density at radius 2 is 2.15 bits per heavy atom. The zero-order chi connectivity index (χ0) is 19.1. The van der Waals surface area contributed by atoms with Crippen LogP contribution in [-0.4, -0.2) is 33.4 Å². The van der Waals surface area contributed by atoms with Crippen molar-refractivity contribution >= 4 is 46.6 Å². The predicted octanol–water partition coefficient (Wildman–Crippen LogP) is 2.44. The maximum atomic E-state index is 12.9. The number of thioether (sulfide) groups is 1. The summed E-state index contributed by atoms with van der Waals surface area (Å²) in [6, 6.07) is 5.28. The summed E-state index contributed by atoms with van der Waals surface area (Å²) >= 11 is 7.28. The third-order valence-corrected chi connectivity index (χ3v) is 5.76. The van der Waals surface area contributed by atoms with Crippen LogP contribution in [0.2, 0.25) is 5.02 Å². The fourth-order valence-corrected chi connectivity index (χ4v) is 4.04. The van der Waals surface area contributed by atoms with E-state index in [4.69, 9.17) is 11.6 Å². The van der Waals surface area contributed by atoms with Gasteiger partial charge in [0, 0.05) is 16.8 Å². The number of rotatable bonds is 4. The Labute approximate surface area is 164 Å². The number of halogens is 1. The van der Waals surface area contributed by atoms with Gasteiger partial charge in [0.2, 0.25) is 11.8 Å². The summed E-state index contributed by atoms with van der Waals surface area (Å²) in [7, 11) is 0. The Morgan fingerprint density at radius 3 is 2.89 bits per heavy atom. The van der Waals surface area contributed by atoms with Crippen LogP contribution in [0.3, 0.4) is 0 Å². The smallest absolute Gasteiger partial charge is 0.292 e. The summed E-state index contributed by atoms with van der Waals surface area (Å²) in [4.78, 5) is 39.9. The maximum Gasteiger partial charge on any atom is 0.292 e. The minimum absolute atomic E-state index is 0.0659. The van der Waals surface area contributed by atoms with E-state index in [1.165, 1.54) is 11.8 Å². The highest BCUT2D eigenvalue weighted by atomic mass is 35.5. The minimum Gasteiger partial charge on any atom is -0.324 e. The molecule has 0 atom stereocenters. The molecule has 7 nitrogen and oxygen atoms in total. The third-order valence-electron chi connectivity index (χ3n) is 4.52. The van der Waals surface area contributed by atoms with E-state index < -0.39 is 5.56 Å². The van der Waals surface area contributed by atoms with Crippen LogP contribution in [0.5, 0.6) is 0 Å². The van der Waals surface area contributed by atoms with Gasteiger partial charge in [0.1, 0.15) is 12.2 Å². The quantitative estimate of drug-likeness (QED) is 0.846. The van der Waals surface area contributed by atoms with E-state index in [0.29, 0.717) is 27.0 Å². The second-order valence-electron chi connectivity index (χ2n) is 6.61. The molecule has 1 N–H and O–H groups in total. The molecule has 2 aromatic rings. The number of hydrogen-bond donors (Lipinski definition) is 1. The molecule has 2 aliphatic rings. The highest BCUT2D eigenvalue weighted by Gasteiger charge is 2.39. The van der Waals surface area contributed by atoms with Gasteiger partial charge in [-0.25, -0.2) is 4.68 Å². The number of benzene rings is 1. The molecule has 0 radical (unpaired) electrons. The van der Waals surface area contributed by atoms with E-state index in [2.05, 4.69) is 10.4 Å². The summed E-state index contributed by atoms with van der Waals surface area (Å²) in [5.74, 6) is -0.144. The Hall–Kier alpha value is -2.32. The van der Waals surface area contributed by atoms with Crippen LogP contribution < -0.4 is 15.8 Å². The van der Waals surface area contributed by atoms with Crippen molar-refractivity contribution in [2.45, 2.75) is 37.2 Å². The zero-order valence-corrected chi connectivity index (χ0v) is 16.1. The van der Waals surface area contributed by atoms with Gasteiger partial charge in [0.15, 0.2) is 0 Å². The van der Waals surface area contributed by atoms with Gasteiger partial charge in [-0.2, -0.15) is 5.10 Å². The number of carbonyl (C=O) groups is 2. The van der Waals surface area contributed by atoms with E-state index in [1.54, 1.807) is 29.3 Å². The van der Waals surface area contributed by atoms with Crippen molar-refractivity contribution in [2.24, 2.45) is 0 Å². The largest absolute Gasteiger partial charge is 0.324 e. The molecule has 1 saturated carbocycles. The lowest BCUT2D eigenvalue weighted by atomic mass is 10.2. The van der Waals surface area contributed by atoms with Crippen LogP contribution in [0.1, 0.15) is 18.4 Å². The van der Waals surface area contributed by atoms with Crippen LogP contribution in [0.25, 0.3) is 0 Å². The van der Waals surface area contributed by atoms with Crippen molar-refractivity contribution in [1.82, 2.24) is 9.78 Å². The molecular weight excluding hydrogens is 388 g/mol. The number of fused-ring (bicyclic) bond motifs is 1. The number of nitrogens with zero attached hydrogens (tertiary/aromatic N) is 3. The number of aryl methyl sites for hydroxylation is 1. The van der Waals surface area contributed by atoms with E-state index in [0.717, 1.165) is 23.1 Å². The van der Waals surface area contributed by atoms with Crippen LogP contribution >= 0.6 is 23.4 Å². The molecular formula is C18H17ClN4O3S. The van der Waals surface area contributed by atoms with E-state index in [1.807, 2.05) is 6.92 Å². The number of amides is 2. The van der Waals surface area contributed by atoms with Crippen LogP contribution in [0, 0.1) is 6.92 Å². The van der Waals surface area contributed by atoms with Crippen molar-refractivity contribution in [3.8, 4) is 0 Å². The van der Waals surface area contributed by atoms with E-state index >= 15 is 0 Å². The first-order valence-corrected chi connectivity index (χ1v) is 9.91. The molecule has 0 bridgehead atoms. The maximum absolute atomic E-state index is 12.9. The van der Waals surface area contributed by atoms with E-state index in [9.17, 15) is 14.4 Å². The molecule has 1 aliphatic carbocycles. The van der Waals surface area contributed by atoms with Crippen molar-refractivity contribution < 1.29 is 9.59 Å². The third kappa shape index (κ3) is 3.59. The monoisotopic (exact) mass is 404 g/mol. The minimum atomic E-state index is -0.419. The predicted molar refractivity (Wildman–Crippen MR) is 105 cm³/mol. The second kappa shape index (κ2) is 7.01. The summed E-state index contributed by atoms with van der Waals surface area (Å²) in [5.41, 5.74) is 1.38. The van der Waals surface area contributed by atoms with Gasteiger partial charge in [-0.3, -0.25) is 14.4 Å². The number of aromatic nitrogens is 2. The molecule has 27 heavy (non-hydrogen) atoms. The Morgan fingerprint density at radius 1 is 1.37 bits per heavy atom. The van der Waals surface area contributed by atoms with E-state index in [-0.39, 0.29) is 24.4 Å². The molecule has 0 unspecified atom stereocenters. The Bertz CT molecular complexity index is 1000. The number of nitrogens with one attached hydrogen (secondary N) is 1. The fraction of sp³-hybridized carbons (Fsp3) is 0.333. The summed E-state index contributed by atoms with van der Waals surface area (Å²) < 4.78 is 1.10. The topological polar surface area (TPSA) is 84.3 Å². The first-order chi connectivity index (χ1) is 12.9. The molecule has 1 aliphatic heterocycles. The highest BCUT2D eigenvalue weighted by Crippen LogP contribution is 2.38. The Kier molecular flexibility index (Phi) is 4.69. The summed E-state index contributed by atoms with van der Waals surface area (Å²) in [6.07, 6.45) is 3.35. The zero-order valence-electron chi connectivity index (χ0n) is 14.6. The highest BCUT2D eigenvalue weighted by molar-refractivity contribution is 8.00. The van der Waals surface area contributed by atoms with Gasteiger partial charge < -0.3 is 10.2 Å². The van der Waals surface area contributed by atoms with Crippen LogP contribution in [0.15, 0.2) is 34.1 Å². The average molecular weight is 405 g/mol. The molecule has 1 aromatic carbocycles. The molecule has 140 valence electrons. The van der Waals surface area contributed by atoms with Crippen molar-refractivity contribution in [2.75, 3.05) is 16.0 Å². The van der Waals surface area contributed by atoms with Gasteiger partial charge in [0.25, 0.3) is 5.56 Å². The molecule has 1 fully saturated rings. The van der Waals surface area contributed by atoms with Crippen LogP contribution in [-0.2, 0) is 16.1 Å². The SMILES string of the molecule is Cc1ccc(Cl)cc1NC(=O)Cn1ncc2c(c1=O)N(C1CC1)C(=O)CS2. The number of carbonyl (C=O) groups excluding carboxylic acids is 2. The lowest BCUT2D eigenvalue weighted by Crippen LogP contribution is -2.43. The van der Waals surface area contributed by atoms with Crippen LogP contribution in [0.4, 0.5) is 11.4 Å². The van der Waals surface area contributed by atoms with Crippen molar-refractivity contribution in [3.05, 3.63) is 45.3 Å². The molecule has 0 spiro atoms. The van der Waals surface area contributed by atoms with Gasteiger partial charge >= 0.3 is 0 Å². The van der Waals surface area contributed by atoms with Crippen molar-refractivity contribution in [1.29, 1.82) is 0 Å². The number of anilines is 2. The van der Waals surface area contributed by atoms with Gasteiger partial charge in [-0.15, -0.1) is 11.8 Å². The Balaban J connectivity index is 1.60. The van der Waals surface area contributed by atoms with Gasteiger partial charge in [-0.05, 0) is 37.5 Å². The molecule has 9 heteroatoms. The first kappa shape index (κ1) is 18.1. The summed E-state index contributed by atoms with van der Waals surface area (Å²) in [5, 5.41) is 7.37. The molecule has 1 aromatic heterocycles. The lowest BCUT2D eigenvalue weighted by molar-refractivity contribution is -0.117.